The summed E-state index contributed by atoms with van der Waals surface area (Å²) < 4.78 is 0. The van der Waals surface area contributed by atoms with Crippen molar-refractivity contribution >= 4 is 35.0 Å². The minimum atomic E-state index is -0.251. The monoisotopic (exact) mass is 418 g/mol. The van der Waals surface area contributed by atoms with E-state index in [1.54, 1.807) is 6.07 Å². The summed E-state index contributed by atoms with van der Waals surface area (Å²) in [5.41, 5.74) is 5.55. The maximum atomic E-state index is 12.5. The lowest BCUT2D eigenvalue weighted by molar-refractivity contribution is -0.115. The number of anilines is 2. The number of carbonyl (C=O) groups is 2. The summed E-state index contributed by atoms with van der Waals surface area (Å²) in [5, 5.41) is 5.63. The van der Waals surface area contributed by atoms with Gasteiger partial charge in [0, 0.05) is 21.8 Å². The second kappa shape index (κ2) is 9.63. The highest BCUT2D eigenvalue weighted by molar-refractivity contribution is 8.00. The van der Waals surface area contributed by atoms with E-state index in [0.29, 0.717) is 5.56 Å². The summed E-state index contributed by atoms with van der Waals surface area (Å²) >= 11 is 1.48. The summed E-state index contributed by atoms with van der Waals surface area (Å²) in [7, 11) is 0. The van der Waals surface area contributed by atoms with Crippen LogP contribution in [-0.2, 0) is 4.79 Å². The first-order valence-electron chi connectivity index (χ1n) is 9.84. The molecule has 5 heteroatoms. The molecule has 1 unspecified atom stereocenters. The molecule has 0 aliphatic heterocycles. The predicted octanol–water partition coefficient (Wildman–Crippen LogP) is 5.98. The maximum Gasteiger partial charge on any atom is 0.255 e. The molecular weight excluding hydrogens is 392 g/mol. The Hall–Kier alpha value is -3.05. The van der Waals surface area contributed by atoms with Crippen LogP contribution < -0.4 is 10.6 Å². The summed E-state index contributed by atoms with van der Waals surface area (Å²) in [6, 6.07) is 20.9. The van der Waals surface area contributed by atoms with Crippen LogP contribution in [0, 0.1) is 20.8 Å². The summed E-state index contributed by atoms with van der Waals surface area (Å²) in [4.78, 5) is 25.9. The van der Waals surface area contributed by atoms with Crippen LogP contribution in [0.25, 0.3) is 0 Å². The molecule has 3 aromatic carbocycles. The summed E-state index contributed by atoms with van der Waals surface area (Å²) in [5.74, 6) is -0.180. The Labute approximate surface area is 182 Å². The second-order valence-electron chi connectivity index (χ2n) is 7.40. The lowest BCUT2D eigenvalue weighted by Gasteiger charge is -2.13. The SMILES string of the molecule is Cc1cccc(C(=O)Nc2ccc(SC(C)C(=O)Nc3ccc(C)c(C)c3)cc2)c1. The molecule has 30 heavy (non-hydrogen) atoms. The van der Waals surface area contributed by atoms with Gasteiger partial charge in [0.2, 0.25) is 5.91 Å². The molecule has 1 atom stereocenters. The van der Waals surface area contributed by atoms with Gasteiger partial charge in [0.05, 0.1) is 5.25 Å². The molecule has 0 bridgehead atoms. The largest absolute Gasteiger partial charge is 0.325 e. The van der Waals surface area contributed by atoms with Gasteiger partial charge in [-0.15, -0.1) is 11.8 Å². The summed E-state index contributed by atoms with van der Waals surface area (Å²) in [6.07, 6.45) is 0. The molecule has 3 rings (SSSR count). The third-order valence-electron chi connectivity index (χ3n) is 4.85. The van der Waals surface area contributed by atoms with E-state index < -0.39 is 0 Å². The van der Waals surface area contributed by atoms with Crippen LogP contribution in [0.5, 0.6) is 0 Å². The van der Waals surface area contributed by atoms with E-state index in [0.717, 1.165) is 27.4 Å². The van der Waals surface area contributed by atoms with Gasteiger partial charge in [-0.1, -0.05) is 23.8 Å². The normalized spacial score (nSPS) is 11.6. The minimum Gasteiger partial charge on any atom is -0.325 e. The Morgan fingerprint density at radius 1 is 0.800 bits per heavy atom. The second-order valence-corrected chi connectivity index (χ2v) is 8.81. The molecule has 0 saturated heterocycles. The Morgan fingerprint density at radius 2 is 1.50 bits per heavy atom. The van der Waals surface area contributed by atoms with Gasteiger partial charge in [-0.05, 0) is 87.4 Å². The van der Waals surface area contributed by atoms with Crippen molar-refractivity contribution in [3.63, 3.8) is 0 Å². The van der Waals surface area contributed by atoms with Crippen molar-refractivity contribution in [3.05, 3.63) is 89.0 Å². The smallest absolute Gasteiger partial charge is 0.255 e. The van der Waals surface area contributed by atoms with Crippen LogP contribution >= 0.6 is 11.8 Å². The number of amides is 2. The van der Waals surface area contributed by atoms with E-state index in [9.17, 15) is 9.59 Å². The van der Waals surface area contributed by atoms with Crippen LogP contribution in [0.15, 0.2) is 71.6 Å². The van der Waals surface area contributed by atoms with E-state index >= 15 is 0 Å². The molecule has 3 aromatic rings. The third kappa shape index (κ3) is 5.74. The molecule has 0 saturated carbocycles. The number of nitrogens with one attached hydrogen (secondary N) is 2. The van der Waals surface area contributed by atoms with Crippen molar-refractivity contribution in [2.24, 2.45) is 0 Å². The van der Waals surface area contributed by atoms with Gasteiger partial charge in [-0.3, -0.25) is 9.59 Å². The number of aryl methyl sites for hydroxylation is 3. The average molecular weight is 419 g/mol. The molecule has 4 nitrogen and oxygen atoms in total. The van der Waals surface area contributed by atoms with Crippen LogP contribution in [0.4, 0.5) is 11.4 Å². The van der Waals surface area contributed by atoms with E-state index in [-0.39, 0.29) is 17.1 Å². The Bertz CT molecular complexity index is 1060. The van der Waals surface area contributed by atoms with Crippen LogP contribution in [-0.4, -0.2) is 17.1 Å². The lowest BCUT2D eigenvalue weighted by atomic mass is 10.1. The molecule has 2 amide bonds. The first kappa shape index (κ1) is 21.7. The zero-order chi connectivity index (χ0) is 21.7. The Kier molecular flexibility index (Phi) is 6.95. The van der Waals surface area contributed by atoms with Gasteiger partial charge in [0.15, 0.2) is 0 Å². The van der Waals surface area contributed by atoms with Crippen molar-refractivity contribution in [2.75, 3.05) is 10.6 Å². The molecule has 0 aromatic heterocycles. The van der Waals surface area contributed by atoms with Crippen molar-refractivity contribution in [2.45, 2.75) is 37.8 Å². The highest BCUT2D eigenvalue weighted by Gasteiger charge is 2.15. The molecule has 2 N–H and O–H groups in total. The maximum absolute atomic E-state index is 12.5. The number of hydrogen-bond donors (Lipinski definition) is 2. The molecule has 0 heterocycles. The first-order chi connectivity index (χ1) is 14.3. The fraction of sp³-hybridized carbons (Fsp3) is 0.200. The van der Waals surface area contributed by atoms with Crippen molar-refractivity contribution in [1.82, 2.24) is 0 Å². The molecular formula is C25H26N2O2S. The third-order valence-corrected chi connectivity index (χ3v) is 5.96. The lowest BCUT2D eigenvalue weighted by Crippen LogP contribution is -2.22. The van der Waals surface area contributed by atoms with Crippen molar-refractivity contribution in [3.8, 4) is 0 Å². The van der Waals surface area contributed by atoms with Crippen LogP contribution in [0.2, 0.25) is 0 Å². The minimum absolute atomic E-state index is 0.0416. The predicted molar refractivity (Wildman–Crippen MR) is 125 cm³/mol. The molecule has 0 fully saturated rings. The number of benzene rings is 3. The fourth-order valence-electron chi connectivity index (χ4n) is 2.93. The topological polar surface area (TPSA) is 58.2 Å². The zero-order valence-electron chi connectivity index (χ0n) is 17.7. The molecule has 154 valence electrons. The van der Waals surface area contributed by atoms with Gasteiger partial charge in [0.1, 0.15) is 0 Å². The van der Waals surface area contributed by atoms with Crippen LogP contribution in [0.1, 0.15) is 34.0 Å². The van der Waals surface area contributed by atoms with Crippen molar-refractivity contribution < 1.29 is 9.59 Å². The van der Waals surface area contributed by atoms with E-state index in [4.69, 9.17) is 0 Å². The molecule has 0 aliphatic carbocycles. The Morgan fingerprint density at radius 3 is 2.17 bits per heavy atom. The van der Waals surface area contributed by atoms with E-state index in [1.807, 2.05) is 88.4 Å². The van der Waals surface area contributed by atoms with Gasteiger partial charge in [0.25, 0.3) is 5.91 Å². The number of carbonyl (C=O) groups excluding carboxylic acids is 2. The van der Waals surface area contributed by atoms with E-state index in [2.05, 4.69) is 10.6 Å². The number of rotatable bonds is 6. The Balaban J connectivity index is 1.57. The fourth-order valence-corrected chi connectivity index (χ4v) is 3.79. The average Bonchev–Trinajstić information content (AvgIpc) is 2.72. The van der Waals surface area contributed by atoms with Crippen molar-refractivity contribution in [1.29, 1.82) is 0 Å². The van der Waals surface area contributed by atoms with Gasteiger partial charge < -0.3 is 10.6 Å². The van der Waals surface area contributed by atoms with Gasteiger partial charge in [-0.2, -0.15) is 0 Å². The number of thioether (sulfide) groups is 1. The van der Waals surface area contributed by atoms with Crippen LogP contribution in [0.3, 0.4) is 0 Å². The van der Waals surface area contributed by atoms with E-state index in [1.165, 1.54) is 17.3 Å². The first-order valence-corrected chi connectivity index (χ1v) is 10.7. The summed E-state index contributed by atoms with van der Waals surface area (Å²) in [6.45, 7) is 7.92. The molecule has 0 aliphatic rings. The van der Waals surface area contributed by atoms with Gasteiger partial charge in [-0.25, -0.2) is 0 Å². The van der Waals surface area contributed by atoms with Gasteiger partial charge >= 0.3 is 0 Å². The standard InChI is InChI=1S/C25H26N2O2S/c1-16-6-5-7-20(14-16)25(29)26-21-10-12-23(13-11-21)30-19(4)24(28)27-22-9-8-17(2)18(3)15-22/h5-15,19H,1-4H3,(H,26,29)(H,27,28). The quantitative estimate of drug-likeness (QED) is 0.484. The highest BCUT2D eigenvalue weighted by atomic mass is 32.2. The highest BCUT2D eigenvalue weighted by Crippen LogP contribution is 2.26. The molecule has 0 radical (unpaired) electrons. The zero-order valence-corrected chi connectivity index (χ0v) is 18.5. The number of hydrogen-bond acceptors (Lipinski definition) is 3. The molecule has 0 spiro atoms.